The largest absolute Gasteiger partial charge is 0.435 e. The first-order valence-electron chi connectivity index (χ1n) is 7.31. The molecule has 0 bridgehead atoms. The summed E-state index contributed by atoms with van der Waals surface area (Å²) in [6.07, 6.45) is 0. The first-order valence-corrected chi connectivity index (χ1v) is 9.13. The lowest BCUT2D eigenvalue weighted by molar-refractivity contribution is -0.0435. The zero-order valence-corrected chi connectivity index (χ0v) is 13.9. The molecule has 0 atom stereocenters. The molecule has 7 nitrogen and oxygen atoms in total. The van der Waals surface area contributed by atoms with E-state index in [0.717, 1.165) is 5.69 Å². The summed E-state index contributed by atoms with van der Waals surface area (Å²) in [7, 11) is -1.34. The normalized spacial score (nSPS) is 17.0. The molecule has 1 aliphatic rings. The van der Waals surface area contributed by atoms with Crippen molar-refractivity contribution in [1.82, 2.24) is 0 Å². The Labute approximate surface area is 136 Å². The number of sulfone groups is 1. The highest BCUT2D eigenvalue weighted by molar-refractivity contribution is 7.91. The monoisotopic (exact) mass is 343 g/mol. The van der Waals surface area contributed by atoms with Crippen LogP contribution < -0.4 is 4.90 Å². The Morgan fingerprint density at radius 2 is 1.78 bits per heavy atom. The Hall–Kier alpha value is -1.64. The van der Waals surface area contributed by atoms with Crippen LogP contribution in [0.2, 0.25) is 0 Å². The van der Waals surface area contributed by atoms with Crippen LogP contribution >= 0.6 is 0 Å². The maximum absolute atomic E-state index is 11.8. The number of esters is 1. The van der Waals surface area contributed by atoms with Crippen LogP contribution in [0.5, 0.6) is 0 Å². The van der Waals surface area contributed by atoms with Crippen LogP contribution in [0, 0.1) is 0 Å². The number of nitrogens with zero attached hydrogens (tertiary/aromatic N) is 1. The van der Waals surface area contributed by atoms with Gasteiger partial charge in [-0.2, -0.15) is 0 Å². The molecule has 1 heterocycles. The van der Waals surface area contributed by atoms with E-state index in [9.17, 15) is 13.2 Å². The molecule has 1 aromatic carbocycles. The van der Waals surface area contributed by atoms with Gasteiger partial charge in [-0.3, -0.25) is 0 Å². The highest BCUT2D eigenvalue weighted by Gasteiger charge is 2.21. The molecular weight excluding hydrogens is 322 g/mol. The molecule has 0 aromatic heterocycles. The van der Waals surface area contributed by atoms with Gasteiger partial charge in [-0.25, -0.2) is 13.2 Å². The van der Waals surface area contributed by atoms with Crippen molar-refractivity contribution in [1.29, 1.82) is 0 Å². The van der Waals surface area contributed by atoms with Gasteiger partial charge in [-0.15, -0.1) is 0 Å². The van der Waals surface area contributed by atoms with Crippen LogP contribution in [-0.2, 0) is 24.0 Å². The van der Waals surface area contributed by atoms with Gasteiger partial charge < -0.3 is 19.1 Å². The molecule has 1 aromatic rings. The van der Waals surface area contributed by atoms with E-state index < -0.39 is 15.8 Å². The van der Waals surface area contributed by atoms with Crippen molar-refractivity contribution in [2.24, 2.45) is 0 Å². The van der Waals surface area contributed by atoms with E-state index in [1.165, 1.54) is 0 Å². The summed E-state index contributed by atoms with van der Waals surface area (Å²) in [4.78, 5) is 13.8. The van der Waals surface area contributed by atoms with Gasteiger partial charge >= 0.3 is 5.97 Å². The van der Waals surface area contributed by atoms with E-state index in [4.69, 9.17) is 14.2 Å². The van der Waals surface area contributed by atoms with E-state index in [1.807, 2.05) is 4.90 Å². The fourth-order valence-electron chi connectivity index (χ4n) is 2.16. The highest BCUT2D eigenvalue weighted by Crippen LogP contribution is 2.18. The van der Waals surface area contributed by atoms with Gasteiger partial charge in [0, 0.05) is 25.9 Å². The Kier molecular flexibility index (Phi) is 6.37. The summed E-state index contributed by atoms with van der Waals surface area (Å²) in [6.45, 7) is 1.63. The summed E-state index contributed by atoms with van der Waals surface area (Å²) in [5.74, 6) is -0.138. The third kappa shape index (κ3) is 5.49. The van der Waals surface area contributed by atoms with Crippen molar-refractivity contribution in [2.45, 2.75) is 0 Å². The first kappa shape index (κ1) is 17.7. The van der Waals surface area contributed by atoms with Gasteiger partial charge in [0.2, 0.25) is 0 Å². The molecule has 0 aliphatic carbocycles. The van der Waals surface area contributed by atoms with Crippen LogP contribution in [0.15, 0.2) is 24.3 Å². The van der Waals surface area contributed by atoms with Gasteiger partial charge in [-0.05, 0) is 24.3 Å². The molecule has 1 fully saturated rings. The first-order chi connectivity index (χ1) is 11.0. The van der Waals surface area contributed by atoms with Gasteiger partial charge in [0.25, 0.3) is 0 Å². The summed E-state index contributed by atoms with van der Waals surface area (Å²) >= 11 is 0. The number of carbonyl (C=O) groups excluding carboxylic acids is 1. The molecule has 23 heavy (non-hydrogen) atoms. The fourth-order valence-corrected chi connectivity index (χ4v) is 3.36. The van der Waals surface area contributed by atoms with E-state index in [-0.39, 0.29) is 18.3 Å². The molecule has 0 unspecified atom stereocenters. The second-order valence-electron chi connectivity index (χ2n) is 5.14. The van der Waals surface area contributed by atoms with Gasteiger partial charge in [0.1, 0.15) is 0 Å². The topological polar surface area (TPSA) is 82.1 Å². The van der Waals surface area contributed by atoms with E-state index in [1.54, 1.807) is 31.4 Å². The smallest absolute Gasteiger partial charge is 0.340 e. The molecular formula is C15H21NO6S. The predicted molar refractivity (Wildman–Crippen MR) is 85.4 cm³/mol. The maximum Gasteiger partial charge on any atom is 0.340 e. The molecule has 0 spiro atoms. The lowest BCUT2D eigenvalue weighted by Gasteiger charge is -2.28. The van der Waals surface area contributed by atoms with E-state index >= 15 is 0 Å². The zero-order chi connectivity index (χ0) is 16.7. The summed E-state index contributed by atoms with van der Waals surface area (Å²) in [5.41, 5.74) is 1.32. The minimum absolute atomic E-state index is 0.117. The number of anilines is 1. The number of hydrogen-bond acceptors (Lipinski definition) is 7. The Balaban J connectivity index is 1.83. The maximum atomic E-state index is 11.8. The lowest BCUT2D eigenvalue weighted by Crippen LogP contribution is -2.40. The van der Waals surface area contributed by atoms with Gasteiger partial charge in [-0.1, -0.05) is 0 Å². The second kappa shape index (κ2) is 8.28. The SMILES string of the molecule is COCCOCOC(=O)c1ccc(N2CCS(=O)(=O)CC2)cc1. The molecule has 0 saturated carbocycles. The van der Waals surface area contributed by atoms with Crippen LogP contribution in [0.1, 0.15) is 10.4 Å². The minimum Gasteiger partial charge on any atom is -0.435 e. The molecule has 8 heteroatoms. The molecule has 0 radical (unpaired) electrons. The third-order valence-electron chi connectivity index (χ3n) is 3.52. The number of carbonyl (C=O) groups is 1. The average Bonchev–Trinajstić information content (AvgIpc) is 2.55. The van der Waals surface area contributed by atoms with Crippen molar-refractivity contribution >= 4 is 21.5 Å². The summed E-state index contributed by atoms with van der Waals surface area (Å²) in [5, 5.41) is 0. The average molecular weight is 343 g/mol. The number of hydrogen-bond donors (Lipinski definition) is 0. The third-order valence-corrected chi connectivity index (χ3v) is 5.13. The predicted octanol–water partition coefficient (Wildman–Crippen LogP) is 0.699. The summed E-state index contributed by atoms with van der Waals surface area (Å²) < 4.78 is 37.7. The molecule has 128 valence electrons. The van der Waals surface area contributed by atoms with Gasteiger partial charge in [0.05, 0.1) is 30.3 Å². The van der Waals surface area contributed by atoms with Crippen LogP contribution in [0.3, 0.4) is 0 Å². The van der Waals surface area contributed by atoms with Crippen LogP contribution in [-0.4, -0.2) is 66.1 Å². The van der Waals surface area contributed by atoms with Crippen molar-refractivity contribution in [3.8, 4) is 0 Å². The Morgan fingerprint density at radius 1 is 1.13 bits per heavy atom. The van der Waals surface area contributed by atoms with Crippen molar-refractivity contribution in [3.05, 3.63) is 29.8 Å². The fraction of sp³-hybridized carbons (Fsp3) is 0.533. The lowest BCUT2D eigenvalue weighted by atomic mass is 10.2. The number of methoxy groups -OCH3 is 1. The molecule has 2 rings (SSSR count). The van der Waals surface area contributed by atoms with E-state index in [2.05, 4.69) is 0 Å². The Bertz CT molecular complexity index is 599. The quantitative estimate of drug-likeness (QED) is 0.409. The summed E-state index contributed by atoms with van der Waals surface area (Å²) in [6, 6.07) is 6.91. The number of ether oxygens (including phenoxy) is 3. The minimum atomic E-state index is -2.90. The Morgan fingerprint density at radius 3 is 2.39 bits per heavy atom. The molecule has 1 saturated heterocycles. The van der Waals surface area contributed by atoms with Crippen molar-refractivity contribution in [2.75, 3.05) is 56.6 Å². The second-order valence-corrected chi connectivity index (χ2v) is 7.44. The molecule has 0 N–H and O–H groups in total. The number of rotatable bonds is 7. The standard InChI is InChI=1S/C15H21NO6S/c1-20-8-9-21-12-22-15(17)13-2-4-14(5-3-13)16-6-10-23(18,19)11-7-16/h2-5H,6-12H2,1H3. The molecule has 0 amide bonds. The van der Waals surface area contributed by atoms with Crippen molar-refractivity contribution in [3.63, 3.8) is 0 Å². The van der Waals surface area contributed by atoms with Crippen LogP contribution in [0.25, 0.3) is 0 Å². The molecule has 1 aliphatic heterocycles. The van der Waals surface area contributed by atoms with E-state index in [0.29, 0.717) is 31.9 Å². The number of benzene rings is 1. The zero-order valence-electron chi connectivity index (χ0n) is 13.1. The van der Waals surface area contributed by atoms with Crippen LogP contribution in [0.4, 0.5) is 5.69 Å². The van der Waals surface area contributed by atoms with Gasteiger partial charge in [0.15, 0.2) is 16.6 Å². The highest BCUT2D eigenvalue weighted by atomic mass is 32.2. The van der Waals surface area contributed by atoms with Crippen molar-refractivity contribution < 1.29 is 27.4 Å².